The van der Waals surface area contributed by atoms with Crippen LogP contribution in [0.3, 0.4) is 0 Å². The molecule has 4 heterocycles. The number of methoxy groups -OCH3 is 1. The molecule has 0 radical (unpaired) electrons. The molecule has 6 rings (SSSR count). The van der Waals surface area contributed by atoms with Crippen LogP contribution in [0, 0.1) is 5.82 Å². The van der Waals surface area contributed by atoms with Gasteiger partial charge >= 0.3 is 0 Å². The van der Waals surface area contributed by atoms with E-state index >= 15 is 0 Å². The van der Waals surface area contributed by atoms with Crippen LogP contribution in [-0.4, -0.2) is 37.2 Å². The molecule has 7 nitrogen and oxygen atoms in total. The average Bonchev–Trinajstić information content (AvgIpc) is 3.47. The maximum atomic E-state index is 14.2. The predicted octanol–water partition coefficient (Wildman–Crippen LogP) is 5.38. The van der Waals surface area contributed by atoms with Crippen molar-refractivity contribution in [2.24, 2.45) is 0 Å². The quantitative estimate of drug-likeness (QED) is 0.387. The van der Waals surface area contributed by atoms with Crippen molar-refractivity contribution in [3.63, 3.8) is 0 Å². The lowest BCUT2D eigenvalue weighted by Gasteiger charge is -2.07. The van der Waals surface area contributed by atoms with Gasteiger partial charge in [-0.05, 0) is 47.5 Å². The molecule has 0 aliphatic carbocycles. The largest absolute Gasteiger partial charge is 0.497 e. The van der Waals surface area contributed by atoms with E-state index in [4.69, 9.17) is 9.72 Å². The van der Waals surface area contributed by atoms with Crippen molar-refractivity contribution in [3.05, 3.63) is 79.1 Å². The Labute approximate surface area is 187 Å². The van der Waals surface area contributed by atoms with Crippen molar-refractivity contribution in [1.82, 2.24) is 30.1 Å². The zero-order valence-electron chi connectivity index (χ0n) is 17.5. The SMILES string of the molecule is COc1cc(F)cc(-c2cccc3[nH]c(-c4n[nH]c5ccc(-c6cncnc6)nc45)cc23)c1. The molecule has 0 atom stereocenters. The first kappa shape index (κ1) is 19.1. The summed E-state index contributed by atoms with van der Waals surface area (Å²) in [5.74, 6) is 0.120. The number of ether oxygens (including phenoxy) is 1. The van der Waals surface area contributed by atoms with Gasteiger partial charge in [-0.15, -0.1) is 0 Å². The van der Waals surface area contributed by atoms with Crippen LogP contribution in [0.5, 0.6) is 5.75 Å². The summed E-state index contributed by atoms with van der Waals surface area (Å²) < 4.78 is 19.4. The molecule has 0 bridgehead atoms. The lowest BCUT2D eigenvalue weighted by molar-refractivity contribution is 0.411. The molecule has 8 heteroatoms. The first-order valence-electron chi connectivity index (χ1n) is 10.3. The summed E-state index contributed by atoms with van der Waals surface area (Å²) in [6, 6.07) is 16.4. The van der Waals surface area contributed by atoms with Crippen molar-refractivity contribution in [1.29, 1.82) is 0 Å². The molecular formula is C25H17FN6O. The van der Waals surface area contributed by atoms with Gasteiger partial charge in [-0.1, -0.05) is 12.1 Å². The lowest BCUT2D eigenvalue weighted by atomic mass is 10.0. The Morgan fingerprint density at radius 3 is 2.64 bits per heavy atom. The van der Waals surface area contributed by atoms with Gasteiger partial charge in [0.05, 0.1) is 24.0 Å². The van der Waals surface area contributed by atoms with Gasteiger partial charge in [0.25, 0.3) is 0 Å². The number of H-pyrrole nitrogens is 2. The van der Waals surface area contributed by atoms with E-state index < -0.39 is 0 Å². The molecule has 2 aromatic carbocycles. The molecule has 0 saturated heterocycles. The molecule has 0 spiro atoms. The summed E-state index contributed by atoms with van der Waals surface area (Å²) in [6.45, 7) is 0. The molecular weight excluding hydrogens is 419 g/mol. The van der Waals surface area contributed by atoms with Crippen molar-refractivity contribution < 1.29 is 9.13 Å². The van der Waals surface area contributed by atoms with Crippen LogP contribution in [0.1, 0.15) is 0 Å². The lowest BCUT2D eigenvalue weighted by Crippen LogP contribution is -1.87. The Morgan fingerprint density at radius 2 is 1.79 bits per heavy atom. The summed E-state index contributed by atoms with van der Waals surface area (Å²) in [7, 11) is 1.53. The zero-order chi connectivity index (χ0) is 22.4. The Balaban J connectivity index is 1.50. The van der Waals surface area contributed by atoms with Gasteiger partial charge in [-0.3, -0.25) is 5.10 Å². The van der Waals surface area contributed by atoms with Crippen molar-refractivity contribution in [2.45, 2.75) is 0 Å². The Kier molecular flexibility index (Phi) is 4.36. The van der Waals surface area contributed by atoms with Crippen LogP contribution < -0.4 is 4.74 Å². The van der Waals surface area contributed by atoms with Gasteiger partial charge in [-0.25, -0.2) is 19.3 Å². The van der Waals surface area contributed by atoms with Crippen LogP contribution in [0.15, 0.2) is 73.3 Å². The minimum absolute atomic E-state index is 0.350. The maximum absolute atomic E-state index is 14.2. The average molecular weight is 436 g/mol. The highest BCUT2D eigenvalue weighted by Gasteiger charge is 2.16. The Bertz CT molecular complexity index is 1620. The minimum Gasteiger partial charge on any atom is -0.497 e. The number of hydrogen-bond acceptors (Lipinski definition) is 5. The second-order valence-electron chi connectivity index (χ2n) is 7.62. The number of benzene rings is 2. The van der Waals surface area contributed by atoms with E-state index in [1.807, 2.05) is 42.5 Å². The Hall–Kier alpha value is -4.59. The fourth-order valence-electron chi connectivity index (χ4n) is 4.05. The topological polar surface area (TPSA) is 92.4 Å². The number of rotatable bonds is 4. The number of aromatic nitrogens is 6. The van der Waals surface area contributed by atoms with E-state index in [0.29, 0.717) is 11.4 Å². The zero-order valence-corrected chi connectivity index (χ0v) is 17.5. The first-order chi connectivity index (χ1) is 16.2. The summed E-state index contributed by atoms with van der Waals surface area (Å²) in [5.41, 5.74) is 7.18. The summed E-state index contributed by atoms with van der Waals surface area (Å²) >= 11 is 0. The van der Waals surface area contributed by atoms with Crippen molar-refractivity contribution in [2.75, 3.05) is 7.11 Å². The molecule has 0 unspecified atom stereocenters. The third kappa shape index (κ3) is 3.28. The normalized spacial score (nSPS) is 11.3. The molecule has 0 aliphatic rings. The molecule has 2 N–H and O–H groups in total. The van der Waals surface area contributed by atoms with Crippen LogP contribution in [-0.2, 0) is 0 Å². The molecule has 0 amide bonds. The van der Waals surface area contributed by atoms with Crippen LogP contribution >= 0.6 is 0 Å². The highest BCUT2D eigenvalue weighted by atomic mass is 19.1. The number of pyridine rings is 1. The predicted molar refractivity (Wildman–Crippen MR) is 124 cm³/mol. The van der Waals surface area contributed by atoms with Crippen LogP contribution in [0.2, 0.25) is 0 Å². The molecule has 6 aromatic rings. The van der Waals surface area contributed by atoms with E-state index in [9.17, 15) is 4.39 Å². The molecule has 0 fully saturated rings. The highest BCUT2D eigenvalue weighted by molar-refractivity contribution is 6.00. The number of nitrogens with one attached hydrogen (secondary N) is 2. The highest BCUT2D eigenvalue weighted by Crippen LogP contribution is 2.35. The van der Waals surface area contributed by atoms with Gasteiger partial charge in [0.1, 0.15) is 29.1 Å². The molecule has 160 valence electrons. The standard InChI is InChI=1S/C25H17FN6O/c1-33-17-8-14(7-16(26)9-17)18-3-2-4-21-19(18)10-23(29-21)25-24-22(31-32-25)6-5-20(30-24)15-11-27-13-28-12-15/h2-13,29H,1H3,(H,31,32). The van der Waals surface area contributed by atoms with E-state index in [1.165, 1.54) is 25.6 Å². The fourth-order valence-corrected chi connectivity index (χ4v) is 4.05. The minimum atomic E-state index is -0.350. The Morgan fingerprint density at radius 1 is 0.909 bits per heavy atom. The molecule has 33 heavy (non-hydrogen) atoms. The molecule has 4 aromatic heterocycles. The third-order valence-electron chi connectivity index (χ3n) is 5.60. The monoisotopic (exact) mass is 436 g/mol. The number of aromatic amines is 2. The third-order valence-corrected chi connectivity index (χ3v) is 5.60. The summed E-state index contributed by atoms with van der Waals surface area (Å²) in [4.78, 5) is 16.4. The van der Waals surface area contributed by atoms with E-state index in [0.717, 1.165) is 50.0 Å². The smallest absolute Gasteiger partial charge is 0.135 e. The molecule has 0 saturated carbocycles. The number of hydrogen-bond donors (Lipinski definition) is 2. The number of halogens is 1. The van der Waals surface area contributed by atoms with E-state index in [2.05, 4.69) is 25.1 Å². The fraction of sp³-hybridized carbons (Fsp3) is 0.0400. The van der Waals surface area contributed by atoms with Gasteiger partial charge in [-0.2, -0.15) is 5.10 Å². The van der Waals surface area contributed by atoms with Gasteiger partial charge in [0, 0.05) is 34.9 Å². The van der Waals surface area contributed by atoms with Crippen LogP contribution in [0.4, 0.5) is 4.39 Å². The van der Waals surface area contributed by atoms with Gasteiger partial charge in [0.2, 0.25) is 0 Å². The first-order valence-corrected chi connectivity index (χ1v) is 10.3. The summed E-state index contributed by atoms with van der Waals surface area (Å²) in [5, 5.41) is 8.51. The van der Waals surface area contributed by atoms with Crippen molar-refractivity contribution in [3.8, 4) is 39.5 Å². The van der Waals surface area contributed by atoms with Crippen LogP contribution in [0.25, 0.3) is 55.7 Å². The maximum Gasteiger partial charge on any atom is 0.135 e. The second kappa shape index (κ2) is 7.52. The second-order valence-corrected chi connectivity index (χ2v) is 7.62. The van der Waals surface area contributed by atoms with Gasteiger partial charge < -0.3 is 9.72 Å². The van der Waals surface area contributed by atoms with E-state index in [-0.39, 0.29) is 5.82 Å². The number of fused-ring (bicyclic) bond motifs is 2. The molecule has 0 aliphatic heterocycles. The number of nitrogens with zero attached hydrogens (tertiary/aromatic N) is 4. The summed E-state index contributed by atoms with van der Waals surface area (Å²) in [6.07, 6.45) is 4.94. The van der Waals surface area contributed by atoms with Crippen molar-refractivity contribution >= 4 is 21.9 Å². The van der Waals surface area contributed by atoms with Gasteiger partial charge in [0.15, 0.2) is 0 Å². The van der Waals surface area contributed by atoms with E-state index in [1.54, 1.807) is 12.4 Å².